The molecule has 0 fully saturated rings. The topological polar surface area (TPSA) is 17.6 Å². The van der Waals surface area contributed by atoms with E-state index in [9.17, 15) is 0 Å². The van der Waals surface area contributed by atoms with Crippen molar-refractivity contribution < 1.29 is 46.4 Å². The molecule has 68 heavy (non-hydrogen) atoms. The van der Waals surface area contributed by atoms with Gasteiger partial charge in [-0.15, -0.1) is 0 Å². The first-order valence-corrected chi connectivity index (χ1v) is 59.0. The standard InChI is InChI=1S/2C27H53N2.I3.3I2.HI/c2*1-3-5-7-9-11-13-15-17-19-21-23-28-25-26-29(27-28)24-22-20-18-16-14-12-10-8-6-4-2;1-3-2;3*1-2;/h2*25-27H,3-24H2,1-2H3;;;;;1H/q2*+1;-1;;;;/p-1. The van der Waals surface area contributed by atoms with E-state index in [4.69, 9.17) is 0 Å². The maximum Gasteiger partial charge on any atom is -1.00 e. The fraction of sp³-hybridized carbons (Fsp3) is 0.889. The number of halogens is 10. The Kier molecular flexibility index (Phi) is 96.2. The van der Waals surface area contributed by atoms with Crippen molar-refractivity contribution in [1.82, 2.24) is 9.13 Å². The predicted octanol–water partition coefficient (Wildman–Crippen LogP) is 18.3. The number of nitrogens with zero attached hydrogens (tertiary/aromatic N) is 4. The number of aryl methyl sites for hydroxylation is 4. The van der Waals surface area contributed by atoms with Gasteiger partial charge in [-0.25, -0.2) is 18.3 Å². The summed E-state index contributed by atoms with van der Waals surface area (Å²) in [6, 6.07) is 0. The molecule has 0 unspecified atom stereocenters. The molecule has 0 atom stereocenters. The zero-order chi connectivity index (χ0) is 50.4. The fourth-order valence-electron chi connectivity index (χ4n) is 8.53. The van der Waals surface area contributed by atoms with E-state index in [2.05, 4.69) is 232 Å². The summed E-state index contributed by atoms with van der Waals surface area (Å²) >= 11 is 18.0. The third-order valence-corrected chi connectivity index (χ3v) is 12.6. The van der Waals surface area contributed by atoms with Crippen molar-refractivity contribution in [2.75, 3.05) is 0 Å². The molecular weight excluding hydrogens is 1970 g/mol. The van der Waals surface area contributed by atoms with E-state index >= 15 is 0 Å². The molecule has 0 spiro atoms. The van der Waals surface area contributed by atoms with E-state index in [-0.39, 0.29) is 24.0 Å². The van der Waals surface area contributed by atoms with E-state index in [0.717, 1.165) is 0 Å². The molecule has 0 aliphatic carbocycles. The number of hydrogen-bond acceptors (Lipinski definition) is 0. The monoisotopic (exact) mass is 2080 g/mol. The van der Waals surface area contributed by atoms with Gasteiger partial charge < -0.3 is 24.0 Å². The van der Waals surface area contributed by atoms with Crippen molar-refractivity contribution in [3.05, 3.63) is 37.4 Å². The van der Waals surface area contributed by atoms with Crippen LogP contribution in [-0.4, -0.2) is 9.13 Å². The quantitative estimate of drug-likeness (QED) is 0.0358. The molecular formula is C54H106I10N4. The zero-order valence-electron chi connectivity index (χ0n) is 44.1. The van der Waals surface area contributed by atoms with E-state index in [1.165, 1.54) is 283 Å². The first-order chi connectivity index (χ1) is 33.1. The van der Waals surface area contributed by atoms with Gasteiger partial charge in [0.1, 0.15) is 24.8 Å². The average Bonchev–Trinajstić information content (AvgIpc) is 4.03. The SMILES string of the molecule is CCCCCCCCCCCCn1cc[n+](CCCCCCCCCCCC)c1.CCCCCCCCCCCCn1cc[n+](CCCCCCCCCCCC)c1.II.II.II.I[I-]I.[I-]. The molecule has 0 bridgehead atoms. The molecule has 0 aliphatic rings. The van der Waals surface area contributed by atoms with Gasteiger partial charge in [-0.3, -0.25) is 0 Å². The van der Waals surface area contributed by atoms with E-state index in [1.54, 1.807) is 0 Å². The molecule has 2 rings (SSSR count). The normalized spacial score (nSPS) is 10.3. The van der Waals surface area contributed by atoms with E-state index in [1.807, 2.05) is 0 Å². The van der Waals surface area contributed by atoms with Crippen molar-refractivity contribution in [3.63, 3.8) is 0 Å². The second-order valence-electron chi connectivity index (χ2n) is 18.6. The largest absolute Gasteiger partial charge is 1.00 e. The summed E-state index contributed by atoms with van der Waals surface area (Å²) < 4.78 is 9.56. The summed E-state index contributed by atoms with van der Waals surface area (Å²) in [6.45, 7) is 14.0. The zero-order valence-corrected chi connectivity index (χ0v) is 65.7. The van der Waals surface area contributed by atoms with Crippen LogP contribution in [-0.2, 0) is 26.2 Å². The second kappa shape index (κ2) is 79.2. The Morgan fingerprint density at radius 1 is 0.309 bits per heavy atom. The fourth-order valence-corrected chi connectivity index (χ4v) is 8.53. The van der Waals surface area contributed by atoms with Crippen molar-refractivity contribution in [3.8, 4) is 0 Å². The average molecular weight is 2080 g/mol. The Bertz CT molecular complexity index is 937. The molecule has 4 nitrogen and oxygen atoms in total. The van der Waals surface area contributed by atoms with E-state index < -0.39 is 0 Å². The minimum atomic E-state index is 0. The second-order valence-corrected chi connectivity index (χ2v) is 34.8. The predicted molar refractivity (Wildman–Crippen MR) is 369 cm³/mol. The molecule has 0 radical (unpaired) electrons. The first kappa shape index (κ1) is 82.6. The molecule has 0 N–H and O–H groups in total. The summed E-state index contributed by atoms with van der Waals surface area (Å²) in [5, 5.41) is 0. The Hall–Kier alpha value is 5.72. The van der Waals surface area contributed by atoms with Crippen molar-refractivity contribution >= 4 is 149 Å². The maximum absolute atomic E-state index is 2.39. The summed E-state index contributed by atoms with van der Waals surface area (Å²) in [6.07, 6.45) is 70.5. The van der Waals surface area contributed by atoms with Gasteiger partial charge in [0.2, 0.25) is 12.7 Å². The minimum absolute atomic E-state index is 0. The molecule has 0 saturated carbocycles. The Morgan fingerprint density at radius 2 is 0.485 bits per heavy atom. The number of hydrogen-bond donors (Lipinski definition) is 0. The molecule has 14 heteroatoms. The van der Waals surface area contributed by atoms with Crippen LogP contribution in [0.4, 0.5) is 0 Å². The van der Waals surface area contributed by atoms with Gasteiger partial charge in [0.15, 0.2) is 0 Å². The summed E-state index contributed by atoms with van der Waals surface area (Å²) in [4.78, 5) is 0. The van der Waals surface area contributed by atoms with Gasteiger partial charge in [0, 0.05) is 112 Å². The van der Waals surface area contributed by atoms with Crippen LogP contribution in [0.1, 0.15) is 285 Å². The van der Waals surface area contributed by atoms with Crippen LogP contribution >= 0.6 is 149 Å². The van der Waals surface area contributed by atoms with Gasteiger partial charge in [0.05, 0.1) is 26.2 Å². The van der Waals surface area contributed by atoms with Crippen LogP contribution in [0.5, 0.6) is 0 Å². The summed E-state index contributed by atoms with van der Waals surface area (Å²) in [5.74, 6) is 0. The molecule has 2 heterocycles. The molecule has 2 aromatic heterocycles. The van der Waals surface area contributed by atoms with Crippen molar-refractivity contribution in [2.45, 2.75) is 311 Å². The van der Waals surface area contributed by atoms with Gasteiger partial charge in [0.25, 0.3) is 0 Å². The van der Waals surface area contributed by atoms with Crippen LogP contribution < -0.4 is 46.4 Å². The van der Waals surface area contributed by atoms with Crippen molar-refractivity contribution in [2.24, 2.45) is 0 Å². The Morgan fingerprint density at radius 3 is 0.691 bits per heavy atom. The molecule has 0 amide bonds. The van der Waals surface area contributed by atoms with Gasteiger partial charge in [-0.05, 0) is 51.4 Å². The van der Waals surface area contributed by atoms with Crippen LogP contribution in [0.15, 0.2) is 37.4 Å². The molecule has 0 aromatic carbocycles. The van der Waals surface area contributed by atoms with Gasteiger partial charge in [-0.1, -0.05) is 233 Å². The van der Waals surface area contributed by atoms with Gasteiger partial charge in [-0.2, -0.15) is 0 Å². The first-order valence-electron chi connectivity index (χ1n) is 27.5. The van der Waals surface area contributed by atoms with E-state index in [0.29, 0.717) is 13.3 Å². The number of imidazole rings is 2. The minimum Gasteiger partial charge on any atom is -1.00 e. The summed E-state index contributed by atoms with van der Waals surface area (Å²) in [5.41, 5.74) is 0. The van der Waals surface area contributed by atoms with Crippen LogP contribution in [0.2, 0.25) is 0 Å². The van der Waals surface area contributed by atoms with Crippen LogP contribution in [0, 0.1) is 0 Å². The number of unbranched alkanes of at least 4 members (excludes halogenated alkanes) is 36. The third-order valence-electron chi connectivity index (χ3n) is 12.6. The third kappa shape index (κ3) is 69.7. The maximum atomic E-state index is 2.39. The summed E-state index contributed by atoms with van der Waals surface area (Å²) in [7, 11) is 0. The molecule has 412 valence electrons. The van der Waals surface area contributed by atoms with Crippen molar-refractivity contribution in [1.29, 1.82) is 0 Å². The van der Waals surface area contributed by atoms with Gasteiger partial charge >= 0.3 is 50.5 Å². The van der Waals surface area contributed by atoms with Crippen LogP contribution in [0.3, 0.4) is 0 Å². The number of aromatic nitrogens is 4. The van der Waals surface area contributed by atoms with Crippen LogP contribution in [0.25, 0.3) is 0 Å². The number of rotatable bonds is 44. The molecule has 0 saturated heterocycles. The molecule has 0 aliphatic heterocycles. The Labute approximate surface area is 543 Å². The Balaban J connectivity index is -0.000000328. The smallest absolute Gasteiger partial charge is 1.00 e. The molecule has 2 aromatic rings.